The highest BCUT2D eigenvalue weighted by molar-refractivity contribution is 5.97. The molecule has 0 aliphatic rings. The quantitative estimate of drug-likeness (QED) is 0.619. The number of primary amides is 1. The number of nitrogens with two attached hydrogens (primary N) is 1. The molecule has 0 unspecified atom stereocenters. The van der Waals surface area contributed by atoms with Crippen molar-refractivity contribution in [2.75, 3.05) is 10.6 Å². The van der Waals surface area contributed by atoms with E-state index in [1.807, 2.05) is 19.2 Å². The van der Waals surface area contributed by atoms with Crippen LogP contribution in [0.25, 0.3) is 0 Å². The number of aryl methyl sites for hydroxylation is 1. The second-order valence-corrected chi connectivity index (χ2v) is 5.06. The summed E-state index contributed by atoms with van der Waals surface area (Å²) >= 11 is 0. The van der Waals surface area contributed by atoms with E-state index in [4.69, 9.17) is 5.73 Å². The first-order chi connectivity index (χ1) is 11.6. The van der Waals surface area contributed by atoms with Gasteiger partial charge in [-0.05, 0) is 17.7 Å². The Morgan fingerprint density at radius 3 is 2.75 bits per heavy atom. The Morgan fingerprint density at radius 2 is 2.08 bits per heavy atom. The summed E-state index contributed by atoms with van der Waals surface area (Å²) in [4.78, 5) is 24.0. The zero-order valence-electron chi connectivity index (χ0n) is 13.0. The van der Waals surface area contributed by atoms with Gasteiger partial charge in [0.25, 0.3) is 5.91 Å². The average Bonchev–Trinajstić information content (AvgIpc) is 2.98. The van der Waals surface area contributed by atoms with Crippen LogP contribution in [0.2, 0.25) is 0 Å². The lowest BCUT2D eigenvalue weighted by Gasteiger charge is -2.10. The van der Waals surface area contributed by atoms with Crippen LogP contribution < -0.4 is 16.4 Å². The maximum Gasteiger partial charge on any atom is 0.254 e. The van der Waals surface area contributed by atoms with E-state index in [-0.39, 0.29) is 5.56 Å². The Morgan fingerprint density at radius 1 is 1.29 bits per heavy atom. The van der Waals surface area contributed by atoms with E-state index in [0.29, 0.717) is 18.3 Å². The van der Waals surface area contributed by atoms with Gasteiger partial charge in [-0.2, -0.15) is 10.1 Å². The number of carbonyl (C=O) groups excluding carboxylic acids is 1. The highest BCUT2D eigenvalue weighted by Gasteiger charge is 2.12. The van der Waals surface area contributed by atoms with E-state index in [9.17, 15) is 4.79 Å². The molecule has 4 N–H and O–H groups in total. The molecule has 24 heavy (non-hydrogen) atoms. The number of aromatic nitrogens is 5. The van der Waals surface area contributed by atoms with E-state index >= 15 is 0 Å². The first-order valence-corrected chi connectivity index (χ1v) is 7.17. The fourth-order valence-corrected chi connectivity index (χ4v) is 2.06. The van der Waals surface area contributed by atoms with E-state index in [1.165, 1.54) is 6.20 Å². The Hall–Kier alpha value is -3.49. The summed E-state index contributed by atoms with van der Waals surface area (Å²) in [5, 5.41) is 10.2. The third-order valence-electron chi connectivity index (χ3n) is 3.22. The molecular formula is C15H16N8O. The molecule has 122 valence electrons. The molecule has 9 nitrogen and oxygen atoms in total. The highest BCUT2D eigenvalue weighted by atomic mass is 16.1. The molecule has 3 rings (SSSR count). The first-order valence-electron chi connectivity index (χ1n) is 7.17. The van der Waals surface area contributed by atoms with Crippen molar-refractivity contribution in [2.45, 2.75) is 6.54 Å². The van der Waals surface area contributed by atoms with Gasteiger partial charge >= 0.3 is 0 Å². The summed E-state index contributed by atoms with van der Waals surface area (Å²) in [6, 6.07) is 3.74. The molecule has 0 aliphatic carbocycles. The van der Waals surface area contributed by atoms with Crippen molar-refractivity contribution in [3.05, 3.63) is 54.2 Å². The number of rotatable bonds is 6. The van der Waals surface area contributed by atoms with Gasteiger partial charge in [0.1, 0.15) is 5.82 Å². The smallest absolute Gasteiger partial charge is 0.254 e. The van der Waals surface area contributed by atoms with Crippen molar-refractivity contribution in [3.63, 3.8) is 0 Å². The van der Waals surface area contributed by atoms with Crippen LogP contribution in [-0.2, 0) is 13.6 Å². The normalized spacial score (nSPS) is 10.4. The number of nitrogens with one attached hydrogen (secondary N) is 2. The van der Waals surface area contributed by atoms with E-state index in [1.54, 1.807) is 29.5 Å². The molecule has 0 saturated carbocycles. The second kappa shape index (κ2) is 6.73. The molecule has 0 fully saturated rings. The average molecular weight is 324 g/mol. The van der Waals surface area contributed by atoms with Crippen LogP contribution in [0.5, 0.6) is 0 Å². The van der Waals surface area contributed by atoms with Crippen LogP contribution in [0.4, 0.5) is 17.5 Å². The van der Waals surface area contributed by atoms with Gasteiger partial charge in [-0.1, -0.05) is 0 Å². The van der Waals surface area contributed by atoms with Crippen LogP contribution in [0.1, 0.15) is 15.9 Å². The summed E-state index contributed by atoms with van der Waals surface area (Å²) < 4.78 is 1.66. The Balaban J connectivity index is 1.81. The zero-order chi connectivity index (χ0) is 16.9. The minimum absolute atomic E-state index is 0.223. The topological polar surface area (TPSA) is 124 Å². The number of anilines is 3. The number of carbonyl (C=O) groups is 1. The molecular weight excluding hydrogens is 308 g/mol. The second-order valence-electron chi connectivity index (χ2n) is 5.06. The van der Waals surface area contributed by atoms with Crippen molar-refractivity contribution in [1.82, 2.24) is 24.7 Å². The highest BCUT2D eigenvalue weighted by Crippen LogP contribution is 2.17. The number of pyridine rings is 1. The van der Waals surface area contributed by atoms with Gasteiger partial charge < -0.3 is 16.4 Å². The molecule has 0 atom stereocenters. The van der Waals surface area contributed by atoms with Crippen LogP contribution >= 0.6 is 0 Å². The number of hydrogen-bond donors (Lipinski definition) is 3. The molecule has 3 aromatic rings. The summed E-state index contributed by atoms with van der Waals surface area (Å²) in [5.74, 6) is 0.103. The van der Waals surface area contributed by atoms with Crippen LogP contribution in [0.3, 0.4) is 0 Å². The lowest BCUT2D eigenvalue weighted by atomic mass is 10.2. The maximum absolute atomic E-state index is 11.6. The Bertz CT molecular complexity index is 846. The fraction of sp³-hybridized carbons (Fsp3) is 0.133. The molecule has 9 heteroatoms. The van der Waals surface area contributed by atoms with Gasteiger partial charge in [0.05, 0.1) is 17.4 Å². The monoisotopic (exact) mass is 324 g/mol. The van der Waals surface area contributed by atoms with Gasteiger partial charge in [0.15, 0.2) is 0 Å². The van der Waals surface area contributed by atoms with E-state index < -0.39 is 5.91 Å². The first kappa shape index (κ1) is 15.4. The van der Waals surface area contributed by atoms with Crippen LogP contribution in [0, 0.1) is 0 Å². The molecule has 0 radical (unpaired) electrons. The summed E-state index contributed by atoms with van der Waals surface area (Å²) in [6.07, 6.45) is 8.22. The van der Waals surface area contributed by atoms with Crippen molar-refractivity contribution >= 4 is 23.4 Å². The fourth-order valence-electron chi connectivity index (χ4n) is 2.06. The molecule has 0 spiro atoms. The van der Waals surface area contributed by atoms with Crippen molar-refractivity contribution in [1.29, 1.82) is 0 Å². The predicted molar refractivity (Wildman–Crippen MR) is 88.6 cm³/mol. The molecule has 0 bridgehead atoms. The van der Waals surface area contributed by atoms with Crippen molar-refractivity contribution in [2.24, 2.45) is 12.8 Å². The van der Waals surface area contributed by atoms with Crippen LogP contribution in [0.15, 0.2) is 43.1 Å². The number of hydrogen-bond acceptors (Lipinski definition) is 7. The van der Waals surface area contributed by atoms with Crippen LogP contribution in [-0.4, -0.2) is 30.6 Å². The standard InChI is InChI=1S/C15H16N8O/c1-23-9-11(7-20-23)21-15-19-8-12(13(16)24)14(22-15)18-6-10-2-4-17-5-3-10/h2-5,7-9H,6H2,1H3,(H2,16,24)(H2,18,19,21,22). The summed E-state index contributed by atoms with van der Waals surface area (Å²) in [5.41, 5.74) is 7.35. The largest absolute Gasteiger partial charge is 0.365 e. The summed E-state index contributed by atoms with van der Waals surface area (Å²) in [6.45, 7) is 0.478. The third kappa shape index (κ3) is 3.64. The van der Waals surface area contributed by atoms with Crippen molar-refractivity contribution < 1.29 is 4.79 Å². The van der Waals surface area contributed by atoms with Gasteiger partial charge in [-0.3, -0.25) is 14.5 Å². The SMILES string of the molecule is Cn1cc(Nc2ncc(C(N)=O)c(NCc3ccncc3)n2)cn1. The lowest BCUT2D eigenvalue weighted by molar-refractivity contribution is 0.100. The van der Waals surface area contributed by atoms with Crippen molar-refractivity contribution in [3.8, 4) is 0 Å². The molecule has 3 heterocycles. The molecule has 1 amide bonds. The van der Waals surface area contributed by atoms with Gasteiger partial charge in [0, 0.05) is 38.4 Å². The Labute approximate surface area is 138 Å². The third-order valence-corrected chi connectivity index (χ3v) is 3.22. The lowest BCUT2D eigenvalue weighted by Crippen LogP contribution is -2.17. The molecule has 0 aliphatic heterocycles. The summed E-state index contributed by atoms with van der Waals surface area (Å²) in [7, 11) is 1.81. The zero-order valence-corrected chi connectivity index (χ0v) is 13.0. The number of nitrogens with zero attached hydrogens (tertiary/aromatic N) is 5. The van der Waals surface area contributed by atoms with Gasteiger partial charge in [-0.15, -0.1) is 0 Å². The molecule has 0 aromatic carbocycles. The van der Waals surface area contributed by atoms with Gasteiger partial charge in [-0.25, -0.2) is 4.98 Å². The van der Waals surface area contributed by atoms with E-state index in [2.05, 4.69) is 30.7 Å². The molecule has 3 aromatic heterocycles. The maximum atomic E-state index is 11.6. The van der Waals surface area contributed by atoms with E-state index in [0.717, 1.165) is 11.3 Å². The van der Waals surface area contributed by atoms with Gasteiger partial charge in [0.2, 0.25) is 5.95 Å². The predicted octanol–water partition coefficient (Wildman–Crippen LogP) is 1.06. The minimum atomic E-state index is -0.597. The molecule has 0 saturated heterocycles. The Kier molecular flexibility index (Phi) is 4.32. The minimum Gasteiger partial charge on any atom is -0.365 e. The number of amides is 1.